The quantitative estimate of drug-likeness (QED) is 0.896. The summed E-state index contributed by atoms with van der Waals surface area (Å²) in [5.74, 6) is 1.26. The van der Waals surface area contributed by atoms with E-state index in [1.807, 2.05) is 30.3 Å². The maximum absolute atomic E-state index is 5.30. The van der Waals surface area contributed by atoms with Crippen LogP contribution in [0.5, 0.6) is 0 Å². The molecule has 0 radical (unpaired) electrons. The summed E-state index contributed by atoms with van der Waals surface area (Å²) in [5, 5.41) is 7.42. The molecule has 0 bridgehead atoms. The van der Waals surface area contributed by atoms with E-state index in [1.54, 1.807) is 0 Å². The molecule has 1 saturated heterocycles. The Balaban J connectivity index is 1.79. The minimum absolute atomic E-state index is 0.583. The SMILES string of the molecule is C(=C1CCCNCC1)c1noc(-c2ccccc2)n1. The van der Waals surface area contributed by atoms with E-state index in [9.17, 15) is 0 Å². The number of benzene rings is 1. The molecule has 4 nitrogen and oxygen atoms in total. The van der Waals surface area contributed by atoms with Crippen molar-refractivity contribution in [3.63, 3.8) is 0 Å². The summed E-state index contributed by atoms with van der Waals surface area (Å²) in [7, 11) is 0. The Labute approximate surface area is 112 Å². The summed E-state index contributed by atoms with van der Waals surface area (Å²) in [4.78, 5) is 4.43. The molecule has 1 aromatic carbocycles. The molecule has 1 aliphatic rings. The number of nitrogens with zero attached hydrogens (tertiary/aromatic N) is 2. The van der Waals surface area contributed by atoms with Crippen molar-refractivity contribution in [2.45, 2.75) is 19.3 Å². The lowest BCUT2D eigenvalue weighted by Crippen LogP contribution is -2.13. The van der Waals surface area contributed by atoms with Crippen LogP contribution in [0.4, 0.5) is 0 Å². The highest BCUT2D eigenvalue weighted by Gasteiger charge is 2.09. The first-order valence-electron chi connectivity index (χ1n) is 6.71. The van der Waals surface area contributed by atoms with Gasteiger partial charge in [0, 0.05) is 5.56 Å². The van der Waals surface area contributed by atoms with Gasteiger partial charge in [-0.3, -0.25) is 0 Å². The number of rotatable bonds is 2. The highest BCUT2D eigenvalue weighted by Crippen LogP contribution is 2.19. The van der Waals surface area contributed by atoms with Crippen LogP contribution in [-0.4, -0.2) is 23.2 Å². The minimum atomic E-state index is 0.583. The van der Waals surface area contributed by atoms with Crippen molar-refractivity contribution in [2.75, 3.05) is 13.1 Å². The molecule has 1 fully saturated rings. The fraction of sp³-hybridized carbons (Fsp3) is 0.333. The van der Waals surface area contributed by atoms with Crippen LogP contribution in [0.1, 0.15) is 25.1 Å². The summed E-state index contributed by atoms with van der Waals surface area (Å²) in [5.41, 5.74) is 2.35. The molecule has 0 saturated carbocycles. The Hall–Kier alpha value is -1.94. The highest BCUT2D eigenvalue weighted by atomic mass is 16.5. The van der Waals surface area contributed by atoms with Crippen molar-refractivity contribution >= 4 is 6.08 Å². The van der Waals surface area contributed by atoms with Gasteiger partial charge in [-0.05, 0) is 50.6 Å². The maximum Gasteiger partial charge on any atom is 0.258 e. The lowest BCUT2D eigenvalue weighted by Gasteiger charge is -1.98. The van der Waals surface area contributed by atoms with Crippen molar-refractivity contribution in [1.82, 2.24) is 15.5 Å². The van der Waals surface area contributed by atoms with Gasteiger partial charge in [0.2, 0.25) is 0 Å². The molecule has 2 aromatic rings. The fourth-order valence-electron chi connectivity index (χ4n) is 2.26. The molecular weight excluding hydrogens is 238 g/mol. The molecule has 4 heteroatoms. The van der Waals surface area contributed by atoms with Gasteiger partial charge in [-0.1, -0.05) is 28.9 Å². The van der Waals surface area contributed by atoms with E-state index in [-0.39, 0.29) is 0 Å². The van der Waals surface area contributed by atoms with Crippen molar-refractivity contribution in [3.8, 4) is 11.5 Å². The molecule has 1 N–H and O–H groups in total. The maximum atomic E-state index is 5.30. The second-order valence-electron chi connectivity index (χ2n) is 4.73. The summed E-state index contributed by atoms with van der Waals surface area (Å²) in [6.07, 6.45) is 5.41. The first-order chi connectivity index (χ1) is 9.42. The van der Waals surface area contributed by atoms with E-state index in [1.165, 1.54) is 12.0 Å². The third kappa shape index (κ3) is 3.09. The average Bonchev–Trinajstić information content (AvgIpc) is 2.76. The Kier molecular flexibility index (Phi) is 3.70. The molecule has 98 valence electrons. The smallest absolute Gasteiger partial charge is 0.258 e. The Morgan fingerprint density at radius 2 is 2.00 bits per heavy atom. The molecule has 0 aliphatic carbocycles. The predicted molar refractivity (Wildman–Crippen MR) is 74.4 cm³/mol. The monoisotopic (exact) mass is 255 g/mol. The normalized spacial score (nSPS) is 18.4. The predicted octanol–water partition coefficient (Wildman–Crippen LogP) is 2.89. The zero-order valence-electron chi connectivity index (χ0n) is 10.8. The van der Waals surface area contributed by atoms with Gasteiger partial charge in [-0.15, -0.1) is 0 Å². The lowest BCUT2D eigenvalue weighted by atomic mass is 10.1. The Bertz CT molecular complexity index is 550. The van der Waals surface area contributed by atoms with Crippen LogP contribution in [0.3, 0.4) is 0 Å². The second-order valence-corrected chi connectivity index (χ2v) is 4.73. The summed E-state index contributed by atoms with van der Waals surface area (Å²) in [6.45, 7) is 2.13. The largest absolute Gasteiger partial charge is 0.334 e. The van der Waals surface area contributed by atoms with Crippen molar-refractivity contribution in [2.24, 2.45) is 0 Å². The van der Waals surface area contributed by atoms with Gasteiger partial charge in [0.05, 0.1) is 0 Å². The van der Waals surface area contributed by atoms with Gasteiger partial charge in [-0.25, -0.2) is 0 Å². The third-order valence-electron chi connectivity index (χ3n) is 3.27. The van der Waals surface area contributed by atoms with Crippen LogP contribution in [0, 0.1) is 0 Å². The number of nitrogens with one attached hydrogen (secondary N) is 1. The zero-order chi connectivity index (χ0) is 12.9. The van der Waals surface area contributed by atoms with Crippen molar-refractivity contribution < 1.29 is 4.52 Å². The highest BCUT2D eigenvalue weighted by molar-refractivity contribution is 5.54. The molecule has 0 spiro atoms. The Morgan fingerprint density at radius 3 is 2.89 bits per heavy atom. The van der Waals surface area contributed by atoms with Crippen LogP contribution in [-0.2, 0) is 0 Å². The van der Waals surface area contributed by atoms with E-state index >= 15 is 0 Å². The first kappa shape index (κ1) is 12.1. The third-order valence-corrected chi connectivity index (χ3v) is 3.27. The fourth-order valence-corrected chi connectivity index (χ4v) is 2.26. The molecule has 3 rings (SSSR count). The summed E-state index contributed by atoms with van der Waals surface area (Å²) >= 11 is 0. The standard InChI is InChI=1S/C15H17N3O/c1-2-6-13(7-3-1)15-17-14(18-19-15)11-12-5-4-9-16-10-8-12/h1-3,6-7,11,16H,4-5,8-10H2. The van der Waals surface area contributed by atoms with Gasteiger partial charge < -0.3 is 9.84 Å². The molecule has 0 atom stereocenters. The van der Waals surface area contributed by atoms with Crippen LogP contribution in [0.25, 0.3) is 17.5 Å². The van der Waals surface area contributed by atoms with Gasteiger partial charge in [0.15, 0.2) is 5.82 Å². The van der Waals surface area contributed by atoms with Gasteiger partial charge in [-0.2, -0.15) is 4.98 Å². The van der Waals surface area contributed by atoms with Crippen molar-refractivity contribution in [3.05, 3.63) is 41.7 Å². The van der Waals surface area contributed by atoms with E-state index < -0.39 is 0 Å². The topological polar surface area (TPSA) is 51.0 Å². The minimum Gasteiger partial charge on any atom is -0.334 e. The Morgan fingerprint density at radius 1 is 1.11 bits per heavy atom. The lowest BCUT2D eigenvalue weighted by molar-refractivity contribution is 0.428. The van der Waals surface area contributed by atoms with Gasteiger partial charge in [0.25, 0.3) is 5.89 Å². The molecule has 19 heavy (non-hydrogen) atoms. The van der Waals surface area contributed by atoms with E-state index in [0.29, 0.717) is 11.7 Å². The molecule has 1 aromatic heterocycles. The number of hydrogen-bond donors (Lipinski definition) is 1. The van der Waals surface area contributed by atoms with Crippen LogP contribution in [0.2, 0.25) is 0 Å². The average molecular weight is 255 g/mol. The van der Waals surface area contributed by atoms with Crippen LogP contribution >= 0.6 is 0 Å². The van der Waals surface area contributed by atoms with Crippen LogP contribution in [0.15, 0.2) is 40.4 Å². The van der Waals surface area contributed by atoms with Gasteiger partial charge >= 0.3 is 0 Å². The van der Waals surface area contributed by atoms with Gasteiger partial charge in [0.1, 0.15) is 0 Å². The second kappa shape index (κ2) is 5.80. The zero-order valence-corrected chi connectivity index (χ0v) is 10.8. The molecule has 0 unspecified atom stereocenters. The summed E-state index contributed by atoms with van der Waals surface area (Å²) in [6, 6.07) is 9.85. The van der Waals surface area contributed by atoms with E-state index in [2.05, 4.69) is 21.5 Å². The molecule has 2 heterocycles. The number of aromatic nitrogens is 2. The van der Waals surface area contributed by atoms with Crippen molar-refractivity contribution in [1.29, 1.82) is 0 Å². The van der Waals surface area contributed by atoms with E-state index in [0.717, 1.165) is 31.5 Å². The molecule has 1 aliphatic heterocycles. The van der Waals surface area contributed by atoms with E-state index in [4.69, 9.17) is 4.52 Å². The summed E-state index contributed by atoms with van der Waals surface area (Å²) < 4.78 is 5.30. The first-order valence-corrected chi connectivity index (χ1v) is 6.71. The number of hydrogen-bond acceptors (Lipinski definition) is 4. The molecular formula is C15H17N3O. The van der Waals surface area contributed by atoms with Crippen LogP contribution < -0.4 is 5.32 Å². The molecule has 0 amide bonds.